The van der Waals surface area contributed by atoms with Gasteiger partial charge in [0.15, 0.2) is 6.61 Å². The number of ether oxygens (including phenoxy) is 2. The fraction of sp³-hybridized carbons (Fsp3) is 0.429. The van der Waals surface area contributed by atoms with Gasteiger partial charge in [-0.2, -0.15) is 0 Å². The number of carbonyl (C=O) groups excluding carboxylic acids is 2. The Bertz CT molecular complexity index is 436. The first-order chi connectivity index (χ1) is 8.70. The second-order valence-electron chi connectivity index (χ2n) is 4.32. The van der Waals surface area contributed by atoms with E-state index in [0.717, 1.165) is 19.3 Å². The predicted molar refractivity (Wildman–Crippen MR) is 64.8 cm³/mol. The van der Waals surface area contributed by atoms with Crippen LogP contribution in [-0.2, 0) is 25.5 Å². The van der Waals surface area contributed by atoms with E-state index in [1.165, 1.54) is 5.56 Å². The lowest BCUT2D eigenvalue weighted by atomic mass is 10.0. The standard InChI is InChI=1S/C14H16O4/c1-2-3-4-10-5-7-11(8-6-10)13-14(16)17-9-12(15)18-13/h5-8,13H,2-4,9H2,1H3. The molecule has 0 amide bonds. The molecule has 1 aromatic rings. The van der Waals surface area contributed by atoms with Crippen LogP contribution in [0.4, 0.5) is 0 Å². The van der Waals surface area contributed by atoms with Crippen LogP contribution in [0.5, 0.6) is 0 Å². The summed E-state index contributed by atoms with van der Waals surface area (Å²) in [6.07, 6.45) is 2.39. The Morgan fingerprint density at radius 1 is 1.22 bits per heavy atom. The van der Waals surface area contributed by atoms with Gasteiger partial charge in [-0.1, -0.05) is 37.6 Å². The highest BCUT2D eigenvalue weighted by molar-refractivity contribution is 5.86. The van der Waals surface area contributed by atoms with Gasteiger partial charge in [-0.05, 0) is 18.4 Å². The highest BCUT2D eigenvalue weighted by Gasteiger charge is 2.31. The number of esters is 2. The van der Waals surface area contributed by atoms with Gasteiger partial charge in [-0.15, -0.1) is 0 Å². The van der Waals surface area contributed by atoms with Crippen molar-refractivity contribution in [3.8, 4) is 0 Å². The molecule has 1 aliphatic heterocycles. The van der Waals surface area contributed by atoms with Gasteiger partial charge in [-0.3, -0.25) is 0 Å². The molecular formula is C14H16O4. The van der Waals surface area contributed by atoms with Crippen molar-refractivity contribution < 1.29 is 19.1 Å². The molecule has 1 aliphatic rings. The third-order valence-corrected chi connectivity index (χ3v) is 2.90. The minimum Gasteiger partial charge on any atom is -0.451 e. The molecule has 0 saturated carbocycles. The quantitative estimate of drug-likeness (QED) is 0.766. The molecule has 0 bridgehead atoms. The predicted octanol–water partition coefficient (Wildman–Crippen LogP) is 2.17. The van der Waals surface area contributed by atoms with E-state index >= 15 is 0 Å². The maximum atomic E-state index is 11.5. The topological polar surface area (TPSA) is 52.6 Å². The van der Waals surface area contributed by atoms with E-state index in [9.17, 15) is 9.59 Å². The smallest absolute Gasteiger partial charge is 0.352 e. The van der Waals surface area contributed by atoms with E-state index in [1.807, 2.05) is 24.3 Å². The molecule has 0 aromatic heterocycles. The maximum absolute atomic E-state index is 11.5. The zero-order chi connectivity index (χ0) is 13.0. The summed E-state index contributed by atoms with van der Waals surface area (Å²) >= 11 is 0. The summed E-state index contributed by atoms with van der Waals surface area (Å²) in [5, 5.41) is 0. The maximum Gasteiger partial charge on any atom is 0.352 e. The number of unbranched alkanes of at least 4 members (excludes halogenated alkanes) is 1. The fourth-order valence-electron chi connectivity index (χ4n) is 1.86. The van der Waals surface area contributed by atoms with E-state index < -0.39 is 18.0 Å². The van der Waals surface area contributed by atoms with E-state index in [0.29, 0.717) is 5.56 Å². The highest BCUT2D eigenvalue weighted by atomic mass is 16.6. The van der Waals surface area contributed by atoms with Crippen molar-refractivity contribution in [3.63, 3.8) is 0 Å². The van der Waals surface area contributed by atoms with Crippen molar-refractivity contribution in [1.29, 1.82) is 0 Å². The zero-order valence-electron chi connectivity index (χ0n) is 10.3. The summed E-state index contributed by atoms with van der Waals surface area (Å²) in [7, 11) is 0. The Morgan fingerprint density at radius 3 is 2.61 bits per heavy atom. The number of cyclic esters (lactones) is 2. The normalized spacial score (nSPS) is 19.3. The number of hydrogen-bond donors (Lipinski definition) is 0. The van der Waals surface area contributed by atoms with E-state index in [1.54, 1.807) is 0 Å². The van der Waals surface area contributed by atoms with Crippen LogP contribution in [0.15, 0.2) is 24.3 Å². The van der Waals surface area contributed by atoms with Gasteiger partial charge in [0.1, 0.15) is 0 Å². The van der Waals surface area contributed by atoms with Crippen LogP contribution >= 0.6 is 0 Å². The van der Waals surface area contributed by atoms with Crippen LogP contribution in [0.25, 0.3) is 0 Å². The number of rotatable bonds is 4. The first kappa shape index (κ1) is 12.6. The van der Waals surface area contributed by atoms with Gasteiger partial charge in [0, 0.05) is 5.56 Å². The second kappa shape index (κ2) is 5.67. The molecular weight excluding hydrogens is 232 g/mol. The summed E-state index contributed by atoms with van der Waals surface area (Å²) in [5.41, 5.74) is 1.88. The number of carbonyl (C=O) groups is 2. The van der Waals surface area contributed by atoms with Crippen LogP contribution < -0.4 is 0 Å². The molecule has 0 spiro atoms. The second-order valence-corrected chi connectivity index (χ2v) is 4.32. The van der Waals surface area contributed by atoms with Crippen LogP contribution in [0.3, 0.4) is 0 Å². The van der Waals surface area contributed by atoms with Gasteiger partial charge in [0.05, 0.1) is 0 Å². The molecule has 0 N–H and O–H groups in total. The van der Waals surface area contributed by atoms with Crippen molar-refractivity contribution in [2.75, 3.05) is 6.61 Å². The number of aryl methyl sites for hydroxylation is 1. The monoisotopic (exact) mass is 248 g/mol. The summed E-state index contributed by atoms with van der Waals surface area (Å²) in [5.74, 6) is -1.01. The van der Waals surface area contributed by atoms with Crippen LogP contribution in [0, 0.1) is 0 Å². The van der Waals surface area contributed by atoms with Gasteiger partial charge in [0.25, 0.3) is 0 Å². The Hall–Kier alpha value is -1.84. The highest BCUT2D eigenvalue weighted by Crippen LogP contribution is 2.23. The summed E-state index contributed by atoms with van der Waals surface area (Å²) in [4.78, 5) is 22.6. The van der Waals surface area contributed by atoms with Gasteiger partial charge in [-0.25, -0.2) is 9.59 Å². The summed E-state index contributed by atoms with van der Waals surface area (Å²) in [6, 6.07) is 7.55. The van der Waals surface area contributed by atoms with Crippen LogP contribution in [-0.4, -0.2) is 18.5 Å². The number of benzene rings is 1. The Kier molecular flexibility index (Phi) is 3.97. The molecule has 1 atom stereocenters. The lowest BCUT2D eigenvalue weighted by Gasteiger charge is -2.21. The largest absolute Gasteiger partial charge is 0.451 e. The molecule has 0 aliphatic carbocycles. The first-order valence-corrected chi connectivity index (χ1v) is 6.15. The molecule has 4 heteroatoms. The lowest BCUT2D eigenvalue weighted by molar-refractivity contribution is -0.185. The van der Waals surface area contributed by atoms with Gasteiger partial charge in [0.2, 0.25) is 6.10 Å². The summed E-state index contributed by atoms with van der Waals surface area (Å²) in [6.45, 7) is 1.86. The first-order valence-electron chi connectivity index (χ1n) is 6.15. The van der Waals surface area contributed by atoms with E-state index in [4.69, 9.17) is 9.47 Å². The van der Waals surface area contributed by atoms with E-state index in [-0.39, 0.29) is 6.61 Å². The third-order valence-electron chi connectivity index (χ3n) is 2.90. The zero-order valence-corrected chi connectivity index (χ0v) is 10.3. The minimum absolute atomic E-state index is 0.288. The van der Waals surface area contributed by atoms with Gasteiger partial charge >= 0.3 is 11.9 Å². The molecule has 1 saturated heterocycles. The summed E-state index contributed by atoms with van der Waals surface area (Å²) < 4.78 is 9.73. The minimum atomic E-state index is -0.911. The Labute approximate surface area is 106 Å². The Balaban J connectivity index is 2.08. The average Bonchev–Trinajstić information content (AvgIpc) is 2.40. The average molecular weight is 248 g/mol. The van der Waals surface area contributed by atoms with Crippen molar-refractivity contribution in [2.45, 2.75) is 32.3 Å². The lowest BCUT2D eigenvalue weighted by Crippen LogP contribution is -2.31. The molecule has 96 valence electrons. The van der Waals surface area contributed by atoms with Crippen LogP contribution in [0.2, 0.25) is 0 Å². The molecule has 1 aromatic carbocycles. The third kappa shape index (κ3) is 2.88. The van der Waals surface area contributed by atoms with Crippen molar-refractivity contribution >= 4 is 11.9 Å². The van der Waals surface area contributed by atoms with E-state index in [2.05, 4.69) is 6.92 Å². The van der Waals surface area contributed by atoms with Gasteiger partial charge < -0.3 is 9.47 Å². The van der Waals surface area contributed by atoms with Crippen molar-refractivity contribution in [3.05, 3.63) is 35.4 Å². The van der Waals surface area contributed by atoms with Crippen molar-refractivity contribution in [2.24, 2.45) is 0 Å². The Morgan fingerprint density at radius 2 is 1.94 bits per heavy atom. The number of hydrogen-bond acceptors (Lipinski definition) is 4. The molecule has 1 fully saturated rings. The molecule has 2 rings (SSSR count). The van der Waals surface area contributed by atoms with Crippen LogP contribution in [0.1, 0.15) is 37.0 Å². The van der Waals surface area contributed by atoms with Crippen molar-refractivity contribution in [1.82, 2.24) is 0 Å². The molecule has 1 unspecified atom stereocenters. The molecule has 4 nitrogen and oxygen atoms in total. The fourth-order valence-corrected chi connectivity index (χ4v) is 1.86. The molecule has 1 heterocycles. The molecule has 18 heavy (non-hydrogen) atoms. The SMILES string of the molecule is CCCCc1ccc(C2OC(=O)COC2=O)cc1. The molecule has 0 radical (unpaired) electrons.